The lowest BCUT2D eigenvalue weighted by Gasteiger charge is -2.53. The quantitative estimate of drug-likeness (QED) is 0.338. The molecule has 0 atom stereocenters. The molecule has 4 aromatic rings. The van der Waals surface area contributed by atoms with E-state index in [0.29, 0.717) is 29.1 Å². The Morgan fingerprint density at radius 1 is 1.11 bits per heavy atom. The zero-order valence-corrected chi connectivity index (χ0v) is 21.3. The Labute approximate surface area is 214 Å². The van der Waals surface area contributed by atoms with Crippen LogP contribution in [0.15, 0.2) is 58.2 Å². The summed E-state index contributed by atoms with van der Waals surface area (Å²) in [6, 6.07) is 12.2. The molecule has 188 valence electrons. The molecule has 9 nitrogen and oxygen atoms in total. The first-order valence-electron chi connectivity index (χ1n) is 12.2. The SMILES string of the molecule is COc1ccc(N2CC3(CCNCC3)C2)cc1SNc1noc2cc(Cn3cccn3)cc(OC)c12. The number of hydrogen-bond donors (Lipinski definition) is 2. The molecular formula is C26H30N6O3S. The number of anilines is 2. The minimum absolute atomic E-state index is 0.475. The summed E-state index contributed by atoms with van der Waals surface area (Å²) in [5.41, 5.74) is 3.38. The van der Waals surface area contributed by atoms with Crippen LogP contribution in [-0.4, -0.2) is 55.3 Å². The van der Waals surface area contributed by atoms with Crippen LogP contribution < -0.4 is 24.4 Å². The van der Waals surface area contributed by atoms with Gasteiger partial charge in [0.1, 0.15) is 16.9 Å². The van der Waals surface area contributed by atoms with Crippen molar-refractivity contribution in [2.45, 2.75) is 24.3 Å². The van der Waals surface area contributed by atoms with Gasteiger partial charge in [0.25, 0.3) is 0 Å². The van der Waals surface area contributed by atoms with Gasteiger partial charge in [-0.05, 0) is 79.8 Å². The van der Waals surface area contributed by atoms with E-state index >= 15 is 0 Å². The standard InChI is InChI=1S/C26H30N6O3S/c1-33-20-5-4-19(31-16-26(17-31)6-9-27-10-7-26)14-23(20)36-30-25-24-21(34-2)12-18(13-22(24)35-29-25)15-32-11-3-8-28-32/h3-5,8,11-14,27H,6-7,9-10,15-17H2,1-2H3,(H,29,30). The predicted octanol–water partition coefficient (Wildman–Crippen LogP) is 4.40. The summed E-state index contributed by atoms with van der Waals surface area (Å²) in [7, 11) is 3.35. The van der Waals surface area contributed by atoms with Crippen LogP contribution >= 0.6 is 11.9 Å². The molecule has 6 rings (SSSR count). The molecule has 2 aromatic heterocycles. The highest BCUT2D eigenvalue weighted by Gasteiger charge is 2.43. The van der Waals surface area contributed by atoms with Gasteiger partial charge < -0.3 is 28.9 Å². The Bertz CT molecular complexity index is 1340. The second-order valence-electron chi connectivity index (χ2n) is 9.55. The fourth-order valence-corrected chi connectivity index (χ4v) is 6.04. The number of rotatable bonds is 8. The Hall–Kier alpha value is -3.37. The minimum Gasteiger partial charge on any atom is -0.496 e. The number of piperidine rings is 1. The highest BCUT2D eigenvalue weighted by Crippen LogP contribution is 2.43. The van der Waals surface area contributed by atoms with Gasteiger partial charge in [0, 0.05) is 36.6 Å². The van der Waals surface area contributed by atoms with Gasteiger partial charge in [-0.25, -0.2) is 0 Å². The molecule has 2 aromatic carbocycles. The van der Waals surface area contributed by atoms with E-state index in [2.05, 4.69) is 37.3 Å². The van der Waals surface area contributed by atoms with Crippen LogP contribution in [0.4, 0.5) is 11.5 Å². The second kappa shape index (κ2) is 9.59. The lowest BCUT2D eigenvalue weighted by molar-refractivity contribution is 0.150. The molecule has 0 aliphatic carbocycles. The Kier molecular flexibility index (Phi) is 6.14. The van der Waals surface area contributed by atoms with E-state index in [-0.39, 0.29) is 0 Å². The van der Waals surface area contributed by atoms with Gasteiger partial charge in [-0.1, -0.05) is 5.16 Å². The number of nitrogens with zero attached hydrogens (tertiary/aromatic N) is 4. The van der Waals surface area contributed by atoms with Crippen molar-refractivity contribution >= 4 is 34.4 Å². The van der Waals surface area contributed by atoms with Crippen molar-refractivity contribution in [2.75, 3.05) is 50.0 Å². The van der Waals surface area contributed by atoms with E-state index in [1.807, 2.05) is 35.1 Å². The van der Waals surface area contributed by atoms with Crippen LogP contribution in [0.5, 0.6) is 11.5 Å². The number of methoxy groups -OCH3 is 2. The van der Waals surface area contributed by atoms with Gasteiger partial charge in [0.15, 0.2) is 11.4 Å². The first kappa shape index (κ1) is 23.1. The molecule has 2 fully saturated rings. The topological polar surface area (TPSA) is 89.6 Å². The maximum Gasteiger partial charge on any atom is 0.191 e. The van der Waals surface area contributed by atoms with E-state index in [1.165, 1.54) is 30.5 Å². The highest BCUT2D eigenvalue weighted by atomic mass is 32.2. The van der Waals surface area contributed by atoms with Crippen molar-refractivity contribution in [2.24, 2.45) is 5.41 Å². The van der Waals surface area contributed by atoms with Gasteiger partial charge in [-0.2, -0.15) is 5.10 Å². The zero-order valence-electron chi connectivity index (χ0n) is 20.5. The summed E-state index contributed by atoms with van der Waals surface area (Å²) in [6.07, 6.45) is 6.20. The minimum atomic E-state index is 0.475. The van der Waals surface area contributed by atoms with Crippen molar-refractivity contribution in [1.29, 1.82) is 0 Å². The molecule has 4 heterocycles. The fourth-order valence-electron chi connectivity index (χ4n) is 5.26. The van der Waals surface area contributed by atoms with E-state index in [4.69, 9.17) is 14.0 Å². The molecule has 10 heteroatoms. The summed E-state index contributed by atoms with van der Waals surface area (Å²) in [6.45, 7) is 5.10. The number of benzene rings is 2. The normalized spacial score (nSPS) is 16.8. The summed E-state index contributed by atoms with van der Waals surface area (Å²) in [5.74, 6) is 2.13. The number of ether oxygens (including phenoxy) is 2. The van der Waals surface area contributed by atoms with Crippen LogP contribution in [0.1, 0.15) is 18.4 Å². The van der Waals surface area contributed by atoms with Crippen LogP contribution in [-0.2, 0) is 6.54 Å². The Morgan fingerprint density at radius 2 is 1.94 bits per heavy atom. The fraction of sp³-hybridized carbons (Fsp3) is 0.385. The smallest absolute Gasteiger partial charge is 0.191 e. The van der Waals surface area contributed by atoms with Crippen LogP contribution in [0, 0.1) is 5.41 Å². The summed E-state index contributed by atoms with van der Waals surface area (Å²) < 4.78 is 22.2. The van der Waals surface area contributed by atoms with Gasteiger partial charge >= 0.3 is 0 Å². The monoisotopic (exact) mass is 506 g/mol. The van der Waals surface area contributed by atoms with Gasteiger partial charge in [0.05, 0.1) is 25.7 Å². The molecule has 0 saturated carbocycles. The van der Waals surface area contributed by atoms with Crippen molar-refractivity contribution in [3.8, 4) is 11.5 Å². The molecule has 36 heavy (non-hydrogen) atoms. The number of hydrogen-bond acceptors (Lipinski definition) is 9. The van der Waals surface area contributed by atoms with Crippen molar-refractivity contribution in [1.82, 2.24) is 20.3 Å². The third-order valence-electron chi connectivity index (χ3n) is 7.21. The van der Waals surface area contributed by atoms with Crippen LogP contribution in [0.3, 0.4) is 0 Å². The largest absolute Gasteiger partial charge is 0.496 e. The van der Waals surface area contributed by atoms with Crippen molar-refractivity contribution < 1.29 is 14.0 Å². The molecule has 2 aliphatic rings. The Balaban J connectivity index is 1.20. The van der Waals surface area contributed by atoms with Crippen molar-refractivity contribution in [3.63, 3.8) is 0 Å². The Morgan fingerprint density at radius 3 is 2.69 bits per heavy atom. The van der Waals surface area contributed by atoms with E-state index < -0.39 is 0 Å². The number of fused-ring (bicyclic) bond motifs is 1. The first-order chi connectivity index (χ1) is 17.7. The molecule has 1 spiro atoms. The van der Waals surface area contributed by atoms with E-state index in [0.717, 1.165) is 47.8 Å². The molecule has 0 amide bonds. The average molecular weight is 507 g/mol. The maximum atomic E-state index is 5.70. The van der Waals surface area contributed by atoms with Crippen LogP contribution in [0.25, 0.3) is 11.0 Å². The van der Waals surface area contributed by atoms with E-state index in [1.54, 1.807) is 20.4 Å². The number of nitrogens with one attached hydrogen (secondary N) is 2. The molecule has 2 aliphatic heterocycles. The predicted molar refractivity (Wildman–Crippen MR) is 141 cm³/mol. The van der Waals surface area contributed by atoms with Crippen molar-refractivity contribution in [3.05, 3.63) is 54.4 Å². The third-order valence-corrected chi connectivity index (χ3v) is 8.04. The lowest BCUT2D eigenvalue weighted by Crippen LogP contribution is -2.60. The summed E-state index contributed by atoms with van der Waals surface area (Å²) in [5, 5.41) is 12.9. The maximum absolute atomic E-state index is 5.70. The van der Waals surface area contributed by atoms with Gasteiger partial charge in [0.2, 0.25) is 0 Å². The highest BCUT2D eigenvalue weighted by molar-refractivity contribution is 8.00. The first-order valence-corrected chi connectivity index (χ1v) is 13.0. The summed E-state index contributed by atoms with van der Waals surface area (Å²) >= 11 is 1.46. The lowest BCUT2D eigenvalue weighted by atomic mass is 9.72. The van der Waals surface area contributed by atoms with Gasteiger partial charge in [-0.15, -0.1) is 0 Å². The molecule has 0 unspecified atom stereocenters. The third kappa shape index (κ3) is 4.35. The van der Waals surface area contributed by atoms with E-state index in [9.17, 15) is 0 Å². The average Bonchev–Trinajstić information content (AvgIpc) is 3.56. The van der Waals surface area contributed by atoms with Crippen LogP contribution in [0.2, 0.25) is 0 Å². The molecule has 2 N–H and O–H groups in total. The van der Waals surface area contributed by atoms with Gasteiger partial charge in [-0.3, -0.25) is 4.68 Å². The summed E-state index contributed by atoms with van der Waals surface area (Å²) in [4.78, 5) is 3.46. The molecule has 2 saturated heterocycles. The zero-order chi connectivity index (χ0) is 24.5. The number of aromatic nitrogens is 3. The second-order valence-corrected chi connectivity index (χ2v) is 10.4. The molecule has 0 bridgehead atoms. The molecule has 0 radical (unpaired) electrons. The molecular weight excluding hydrogens is 476 g/mol.